The Morgan fingerprint density at radius 1 is 1.71 bits per heavy atom. The number of hydrogen-bond acceptors (Lipinski definition) is 2. The molecule has 2 N–H and O–H groups in total. The van der Waals surface area contributed by atoms with E-state index in [1.807, 2.05) is 0 Å². The van der Waals surface area contributed by atoms with Gasteiger partial charge in [0.25, 0.3) is 0 Å². The molecule has 6 heteroatoms. The third-order valence-electron chi connectivity index (χ3n) is 1.45. The Morgan fingerprint density at radius 3 is 2.79 bits per heavy atom. The predicted molar refractivity (Wildman–Crippen MR) is 60.1 cm³/mol. The maximum atomic E-state index is 13.2. The highest BCUT2D eigenvalue weighted by Gasteiger charge is 2.15. The average Bonchev–Trinajstić information content (AvgIpc) is 2.09. The van der Waals surface area contributed by atoms with Crippen LogP contribution in [0.25, 0.3) is 0 Å². The first kappa shape index (κ1) is 11.5. The molecule has 0 unspecified atom stereocenters. The van der Waals surface area contributed by atoms with E-state index in [9.17, 15) is 14.3 Å². The van der Waals surface area contributed by atoms with Crippen LogP contribution in [-0.2, 0) is 4.79 Å². The van der Waals surface area contributed by atoms with Crippen molar-refractivity contribution in [2.45, 2.75) is 6.92 Å². The van der Waals surface area contributed by atoms with Crippen LogP contribution < -0.4 is 5.32 Å². The fourth-order valence-corrected chi connectivity index (χ4v) is 1.49. The van der Waals surface area contributed by atoms with Crippen molar-refractivity contribution in [2.24, 2.45) is 0 Å². The third-order valence-corrected chi connectivity index (χ3v) is 3.16. The molecule has 0 spiro atoms. The lowest BCUT2D eigenvalue weighted by atomic mass is 10.2. The number of hydrogen-bond donors (Lipinski definition) is 2. The van der Waals surface area contributed by atoms with Gasteiger partial charge in [-0.05, 0) is 28.7 Å². The zero-order valence-corrected chi connectivity index (χ0v) is 9.98. The number of nitrogens with one attached hydrogen (secondary N) is 1. The molecule has 1 rings (SSSR count). The SMILES string of the molecule is CC(=O)Nc1c(F)cc(Cl)c(I)c1O. The second-order valence-electron chi connectivity index (χ2n) is 2.56. The molecule has 0 heterocycles. The van der Waals surface area contributed by atoms with Gasteiger partial charge in [-0.15, -0.1) is 0 Å². The molecular formula is C8H6ClFINO2. The fraction of sp³-hybridized carbons (Fsp3) is 0.125. The molecule has 3 nitrogen and oxygen atoms in total. The van der Waals surface area contributed by atoms with Crippen molar-refractivity contribution in [1.82, 2.24) is 0 Å². The molecule has 0 radical (unpaired) electrons. The Balaban J connectivity index is 3.29. The Morgan fingerprint density at radius 2 is 2.29 bits per heavy atom. The van der Waals surface area contributed by atoms with Crippen molar-refractivity contribution in [2.75, 3.05) is 5.32 Å². The van der Waals surface area contributed by atoms with Gasteiger partial charge in [-0.25, -0.2) is 4.39 Å². The van der Waals surface area contributed by atoms with E-state index in [4.69, 9.17) is 11.6 Å². The molecule has 0 aliphatic rings. The summed E-state index contributed by atoms with van der Waals surface area (Å²) >= 11 is 7.37. The molecule has 0 bridgehead atoms. The second kappa shape index (κ2) is 4.31. The summed E-state index contributed by atoms with van der Waals surface area (Å²) in [5, 5.41) is 11.7. The molecule has 1 amide bonds. The highest BCUT2D eigenvalue weighted by molar-refractivity contribution is 14.1. The zero-order valence-electron chi connectivity index (χ0n) is 7.07. The standard InChI is InChI=1S/C8H6ClFINO2/c1-3(13)12-7-5(10)2-4(9)6(11)8(7)14/h2,14H,1H3,(H,12,13). The maximum absolute atomic E-state index is 13.2. The van der Waals surface area contributed by atoms with Gasteiger partial charge in [0.15, 0.2) is 11.6 Å². The normalized spacial score (nSPS) is 10.0. The summed E-state index contributed by atoms with van der Waals surface area (Å²) in [5.74, 6) is -1.58. The lowest BCUT2D eigenvalue weighted by molar-refractivity contribution is -0.114. The van der Waals surface area contributed by atoms with Gasteiger partial charge < -0.3 is 10.4 Å². The van der Waals surface area contributed by atoms with Crippen LogP contribution in [0.3, 0.4) is 0 Å². The monoisotopic (exact) mass is 329 g/mol. The molecule has 76 valence electrons. The van der Waals surface area contributed by atoms with E-state index >= 15 is 0 Å². The number of benzene rings is 1. The smallest absolute Gasteiger partial charge is 0.221 e. The number of carbonyl (C=O) groups is 1. The minimum absolute atomic E-state index is 0.106. The summed E-state index contributed by atoms with van der Waals surface area (Å²) in [7, 11) is 0. The quantitative estimate of drug-likeness (QED) is 0.473. The summed E-state index contributed by atoms with van der Waals surface area (Å²) in [6, 6.07) is 1.04. The molecule has 1 aromatic rings. The van der Waals surface area contributed by atoms with Crippen LogP contribution in [0.2, 0.25) is 5.02 Å². The van der Waals surface area contributed by atoms with Crippen molar-refractivity contribution in [3.63, 3.8) is 0 Å². The van der Waals surface area contributed by atoms with Crippen LogP contribution in [0.15, 0.2) is 6.07 Å². The number of carbonyl (C=O) groups excluding carboxylic acids is 1. The topological polar surface area (TPSA) is 49.3 Å². The highest BCUT2D eigenvalue weighted by Crippen LogP contribution is 2.36. The van der Waals surface area contributed by atoms with Crippen molar-refractivity contribution in [1.29, 1.82) is 0 Å². The minimum Gasteiger partial charge on any atom is -0.505 e. The van der Waals surface area contributed by atoms with Crippen LogP contribution in [-0.4, -0.2) is 11.0 Å². The molecule has 0 saturated carbocycles. The van der Waals surface area contributed by atoms with Crippen LogP contribution in [0.1, 0.15) is 6.92 Å². The summed E-state index contributed by atoms with van der Waals surface area (Å²) < 4.78 is 13.5. The molecular weight excluding hydrogens is 323 g/mol. The lowest BCUT2D eigenvalue weighted by Crippen LogP contribution is -2.08. The summed E-state index contributed by atoms with van der Waals surface area (Å²) in [4.78, 5) is 10.7. The number of phenols is 1. The fourth-order valence-electron chi connectivity index (χ4n) is 0.878. The first-order chi connectivity index (χ1) is 6.43. The number of aromatic hydroxyl groups is 1. The largest absolute Gasteiger partial charge is 0.505 e. The molecule has 0 saturated heterocycles. The summed E-state index contributed by atoms with van der Waals surface area (Å²) in [6.07, 6.45) is 0. The number of rotatable bonds is 1. The average molecular weight is 329 g/mol. The van der Waals surface area contributed by atoms with E-state index in [1.165, 1.54) is 6.92 Å². The molecule has 0 fully saturated rings. The van der Waals surface area contributed by atoms with Gasteiger partial charge in [0.1, 0.15) is 5.69 Å². The van der Waals surface area contributed by atoms with E-state index in [-0.39, 0.29) is 16.5 Å². The van der Waals surface area contributed by atoms with Gasteiger partial charge in [0, 0.05) is 6.92 Å². The summed E-state index contributed by atoms with van der Waals surface area (Å²) in [6.45, 7) is 1.22. The number of anilines is 1. The molecule has 0 aromatic heterocycles. The van der Waals surface area contributed by atoms with E-state index < -0.39 is 11.7 Å². The molecule has 0 aliphatic heterocycles. The van der Waals surface area contributed by atoms with E-state index in [0.29, 0.717) is 3.57 Å². The number of amides is 1. The first-order valence-electron chi connectivity index (χ1n) is 3.57. The summed E-state index contributed by atoms with van der Waals surface area (Å²) in [5.41, 5.74) is -0.244. The van der Waals surface area contributed by atoms with Crippen molar-refractivity contribution < 1.29 is 14.3 Å². The Labute approximate surface area is 98.4 Å². The van der Waals surface area contributed by atoms with Crippen LogP contribution >= 0.6 is 34.2 Å². The second-order valence-corrected chi connectivity index (χ2v) is 4.04. The van der Waals surface area contributed by atoms with Gasteiger partial charge in [-0.2, -0.15) is 0 Å². The number of halogens is 3. The van der Waals surface area contributed by atoms with Crippen molar-refractivity contribution in [3.05, 3.63) is 20.5 Å². The van der Waals surface area contributed by atoms with E-state index in [1.54, 1.807) is 22.6 Å². The third kappa shape index (κ3) is 2.27. The number of phenolic OH excluding ortho intramolecular Hbond substituents is 1. The Kier molecular flexibility index (Phi) is 3.54. The molecule has 1 aromatic carbocycles. The van der Waals surface area contributed by atoms with Gasteiger partial charge in [-0.3, -0.25) is 4.79 Å². The van der Waals surface area contributed by atoms with Crippen LogP contribution in [0, 0.1) is 9.39 Å². The first-order valence-corrected chi connectivity index (χ1v) is 5.03. The van der Waals surface area contributed by atoms with Gasteiger partial charge in [0.05, 0.1) is 8.59 Å². The molecule has 0 atom stereocenters. The molecule has 14 heavy (non-hydrogen) atoms. The molecule has 0 aliphatic carbocycles. The van der Waals surface area contributed by atoms with Crippen LogP contribution in [0.5, 0.6) is 5.75 Å². The van der Waals surface area contributed by atoms with Crippen molar-refractivity contribution in [3.8, 4) is 5.75 Å². The van der Waals surface area contributed by atoms with Gasteiger partial charge in [0.2, 0.25) is 5.91 Å². The Bertz CT molecular complexity index is 397. The van der Waals surface area contributed by atoms with Gasteiger partial charge in [-0.1, -0.05) is 11.6 Å². The zero-order chi connectivity index (χ0) is 10.9. The minimum atomic E-state index is -0.761. The van der Waals surface area contributed by atoms with Crippen molar-refractivity contribution >= 4 is 45.8 Å². The highest BCUT2D eigenvalue weighted by atomic mass is 127. The van der Waals surface area contributed by atoms with E-state index in [0.717, 1.165) is 6.07 Å². The van der Waals surface area contributed by atoms with E-state index in [2.05, 4.69) is 5.32 Å². The van der Waals surface area contributed by atoms with Gasteiger partial charge >= 0.3 is 0 Å². The lowest BCUT2D eigenvalue weighted by Gasteiger charge is -2.09. The predicted octanol–water partition coefficient (Wildman–Crippen LogP) is 2.75. The van der Waals surface area contributed by atoms with Crippen LogP contribution in [0.4, 0.5) is 10.1 Å². The Hall–Kier alpha value is -0.560. The maximum Gasteiger partial charge on any atom is 0.221 e.